The molecule has 94 valence electrons. The first kappa shape index (κ1) is 13.1. The molecule has 0 aliphatic rings. The lowest BCUT2D eigenvalue weighted by molar-refractivity contribution is 0.219. The summed E-state index contributed by atoms with van der Waals surface area (Å²) in [6.07, 6.45) is 1.22. The van der Waals surface area contributed by atoms with Crippen molar-refractivity contribution >= 4 is 11.8 Å². The monoisotopic (exact) mass is 262 g/mol. The van der Waals surface area contributed by atoms with Crippen molar-refractivity contribution in [3.05, 3.63) is 65.0 Å². The van der Waals surface area contributed by atoms with Crippen molar-refractivity contribution in [3.8, 4) is 0 Å². The second-order valence-corrected chi connectivity index (χ2v) is 5.12. The van der Waals surface area contributed by atoms with Gasteiger partial charge in [0.05, 0.1) is 0 Å². The van der Waals surface area contributed by atoms with Gasteiger partial charge in [0.2, 0.25) is 0 Å². The van der Waals surface area contributed by atoms with Crippen LogP contribution in [0.15, 0.2) is 47.4 Å². The van der Waals surface area contributed by atoms with E-state index in [2.05, 4.69) is 0 Å². The third kappa shape index (κ3) is 2.92. The Labute approximate surface area is 111 Å². The van der Waals surface area contributed by atoms with Gasteiger partial charge in [-0.05, 0) is 54.1 Å². The van der Waals surface area contributed by atoms with Crippen LogP contribution in [0.4, 0.5) is 4.39 Å². The molecular formula is C15H15FOS. The number of aryl methyl sites for hydroxylation is 1. The molecule has 0 fully saturated rings. The molecule has 0 aliphatic heterocycles. The zero-order valence-electron chi connectivity index (χ0n) is 10.4. The maximum atomic E-state index is 13.3. The van der Waals surface area contributed by atoms with Crippen LogP contribution >= 0.6 is 11.8 Å². The van der Waals surface area contributed by atoms with E-state index in [0.717, 1.165) is 16.0 Å². The topological polar surface area (TPSA) is 20.2 Å². The molecule has 0 heterocycles. The molecule has 1 atom stereocenters. The number of thioether (sulfide) groups is 1. The lowest BCUT2D eigenvalue weighted by Crippen LogP contribution is -2.00. The van der Waals surface area contributed by atoms with E-state index in [0.29, 0.717) is 5.56 Å². The van der Waals surface area contributed by atoms with Crippen molar-refractivity contribution in [2.45, 2.75) is 17.9 Å². The van der Waals surface area contributed by atoms with Gasteiger partial charge in [-0.25, -0.2) is 4.39 Å². The molecule has 3 heteroatoms. The zero-order valence-corrected chi connectivity index (χ0v) is 11.2. The Balaban J connectivity index is 2.31. The number of hydrogen-bond acceptors (Lipinski definition) is 2. The number of benzene rings is 2. The molecule has 0 aromatic heterocycles. The van der Waals surface area contributed by atoms with E-state index >= 15 is 0 Å². The van der Waals surface area contributed by atoms with Crippen LogP contribution in [-0.4, -0.2) is 11.4 Å². The van der Waals surface area contributed by atoms with Crippen molar-refractivity contribution in [1.82, 2.24) is 0 Å². The molecule has 0 saturated carbocycles. The fraction of sp³-hybridized carbons (Fsp3) is 0.200. The molecule has 0 spiro atoms. The summed E-state index contributed by atoms with van der Waals surface area (Å²) < 4.78 is 13.3. The largest absolute Gasteiger partial charge is 0.384 e. The Bertz CT molecular complexity index is 516. The van der Waals surface area contributed by atoms with Gasteiger partial charge in [-0.3, -0.25) is 0 Å². The van der Waals surface area contributed by atoms with Gasteiger partial charge in [0, 0.05) is 4.90 Å². The summed E-state index contributed by atoms with van der Waals surface area (Å²) in [4.78, 5) is 1.14. The summed E-state index contributed by atoms with van der Waals surface area (Å²) in [6.45, 7) is 1.82. The Morgan fingerprint density at radius 2 is 1.72 bits per heavy atom. The van der Waals surface area contributed by atoms with Crippen molar-refractivity contribution in [2.75, 3.05) is 6.26 Å². The molecule has 2 aromatic carbocycles. The van der Waals surface area contributed by atoms with Crippen LogP contribution in [0.25, 0.3) is 0 Å². The van der Waals surface area contributed by atoms with Crippen molar-refractivity contribution in [3.63, 3.8) is 0 Å². The SMILES string of the molecule is CSc1ccc(C(O)c2cc(C)cc(F)c2)cc1. The Morgan fingerprint density at radius 1 is 1.06 bits per heavy atom. The fourth-order valence-electron chi connectivity index (χ4n) is 1.90. The lowest BCUT2D eigenvalue weighted by atomic mass is 10.00. The molecule has 1 N–H and O–H groups in total. The average Bonchev–Trinajstić information content (AvgIpc) is 2.37. The van der Waals surface area contributed by atoms with Gasteiger partial charge < -0.3 is 5.11 Å². The van der Waals surface area contributed by atoms with Crippen LogP contribution < -0.4 is 0 Å². The van der Waals surface area contributed by atoms with Gasteiger partial charge in [-0.2, -0.15) is 0 Å². The first-order valence-electron chi connectivity index (χ1n) is 5.69. The Kier molecular flexibility index (Phi) is 4.04. The summed E-state index contributed by atoms with van der Waals surface area (Å²) in [5.74, 6) is -0.315. The van der Waals surface area contributed by atoms with Crippen LogP contribution in [0.3, 0.4) is 0 Å². The van der Waals surface area contributed by atoms with E-state index in [1.165, 1.54) is 12.1 Å². The normalized spacial score (nSPS) is 12.4. The van der Waals surface area contributed by atoms with Crippen molar-refractivity contribution in [2.24, 2.45) is 0 Å². The lowest BCUT2D eigenvalue weighted by Gasteiger charge is -2.13. The number of hydrogen-bond donors (Lipinski definition) is 1. The second-order valence-electron chi connectivity index (χ2n) is 4.24. The molecular weight excluding hydrogens is 247 g/mol. The van der Waals surface area contributed by atoms with Gasteiger partial charge in [-0.1, -0.05) is 18.2 Å². The first-order valence-corrected chi connectivity index (χ1v) is 6.92. The molecule has 1 unspecified atom stereocenters. The maximum absolute atomic E-state index is 13.3. The Hall–Kier alpha value is -1.32. The third-order valence-corrected chi connectivity index (χ3v) is 3.56. The fourth-order valence-corrected chi connectivity index (χ4v) is 2.31. The molecule has 2 aromatic rings. The number of aliphatic hydroxyl groups excluding tert-OH is 1. The first-order chi connectivity index (χ1) is 8.60. The number of aliphatic hydroxyl groups is 1. The molecule has 0 amide bonds. The summed E-state index contributed by atoms with van der Waals surface area (Å²) >= 11 is 1.65. The third-order valence-electron chi connectivity index (χ3n) is 2.81. The van der Waals surface area contributed by atoms with E-state index in [4.69, 9.17) is 0 Å². The van der Waals surface area contributed by atoms with E-state index in [1.54, 1.807) is 17.8 Å². The minimum absolute atomic E-state index is 0.315. The molecule has 0 aliphatic carbocycles. The second kappa shape index (κ2) is 5.55. The van der Waals surface area contributed by atoms with E-state index < -0.39 is 6.10 Å². The quantitative estimate of drug-likeness (QED) is 0.845. The summed E-state index contributed by atoms with van der Waals surface area (Å²) in [5, 5.41) is 10.2. The molecule has 0 radical (unpaired) electrons. The molecule has 0 saturated heterocycles. The zero-order chi connectivity index (χ0) is 13.1. The smallest absolute Gasteiger partial charge is 0.123 e. The highest BCUT2D eigenvalue weighted by Crippen LogP contribution is 2.25. The van der Waals surface area contributed by atoms with Crippen molar-refractivity contribution < 1.29 is 9.50 Å². The summed E-state index contributed by atoms with van der Waals surface area (Å²) in [7, 11) is 0. The van der Waals surface area contributed by atoms with Crippen LogP contribution in [0, 0.1) is 12.7 Å². The minimum atomic E-state index is -0.782. The van der Waals surface area contributed by atoms with Gasteiger partial charge in [0.25, 0.3) is 0 Å². The van der Waals surface area contributed by atoms with Crippen LogP contribution in [0.2, 0.25) is 0 Å². The van der Waals surface area contributed by atoms with Crippen LogP contribution in [-0.2, 0) is 0 Å². The number of rotatable bonds is 3. The predicted octanol–water partition coefficient (Wildman–Crippen LogP) is 3.94. The highest BCUT2D eigenvalue weighted by atomic mass is 32.2. The average molecular weight is 262 g/mol. The molecule has 1 nitrogen and oxygen atoms in total. The standard InChI is InChI=1S/C15H15FOS/c1-10-7-12(9-13(16)8-10)15(17)11-3-5-14(18-2)6-4-11/h3-9,15,17H,1-2H3. The minimum Gasteiger partial charge on any atom is -0.384 e. The molecule has 0 bridgehead atoms. The van der Waals surface area contributed by atoms with Gasteiger partial charge >= 0.3 is 0 Å². The Morgan fingerprint density at radius 3 is 2.28 bits per heavy atom. The van der Waals surface area contributed by atoms with Gasteiger partial charge in [0.1, 0.15) is 11.9 Å². The van der Waals surface area contributed by atoms with E-state index in [-0.39, 0.29) is 5.82 Å². The number of halogens is 1. The van der Waals surface area contributed by atoms with E-state index in [9.17, 15) is 9.50 Å². The van der Waals surface area contributed by atoms with Gasteiger partial charge in [0.15, 0.2) is 0 Å². The van der Waals surface area contributed by atoms with Crippen molar-refractivity contribution in [1.29, 1.82) is 0 Å². The van der Waals surface area contributed by atoms with E-state index in [1.807, 2.05) is 37.4 Å². The van der Waals surface area contributed by atoms with Gasteiger partial charge in [-0.15, -0.1) is 11.8 Å². The van der Waals surface area contributed by atoms with Crippen LogP contribution in [0.1, 0.15) is 22.8 Å². The highest BCUT2D eigenvalue weighted by molar-refractivity contribution is 7.98. The van der Waals surface area contributed by atoms with Crippen LogP contribution in [0.5, 0.6) is 0 Å². The maximum Gasteiger partial charge on any atom is 0.123 e. The summed E-state index contributed by atoms with van der Waals surface area (Å²) in [6, 6.07) is 12.3. The molecule has 2 rings (SSSR count). The summed E-state index contributed by atoms with van der Waals surface area (Å²) in [5.41, 5.74) is 2.17. The predicted molar refractivity (Wildman–Crippen MR) is 73.4 cm³/mol. The highest BCUT2D eigenvalue weighted by Gasteiger charge is 2.11. The molecule has 18 heavy (non-hydrogen) atoms.